The third-order valence-corrected chi connectivity index (χ3v) is 6.37. The summed E-state index contributed by atoms with van der Waals surface area (Å²) in [5.74, 6) is -1.24. The van der Waals surface area contributed by atoms with Crippen LogP contribution in [0.1, 0.15) is 61.3 Å². The molecule has 1 aliphatic rings. The number of ketones is 1. The summed E-state index contributed by atoms with van der Waals surface area (Å²) < 4.78 is 5.31. The fourth-order valence-electron chi connectivity index (χ4n) is 4.44. The summed E-state index contributed by atoms with van der Waals surface area (Å²) in [6.07, 6.45) is 1.40. The van der Waals surface area contributed by atoms with Gasteiger partial charge in [0, 0.05) is 24.5 Å². The summed E-state index contributed by atoms with van der Waals surface area (Å²) in [6, 6.07) is 17.8. The monoisotopic (exact) mass is 458 g/mol. The lowest BCUT2D eigenvalue weighted by Gasteiger charge is -2.28. The first-order chi connectivity index (χ1) is 16.4. The molecule has 0 saturated heterocycles. The van der Waals surface area contributed by atoms with E-state index in [0.717, 1.165) is 29.9 Å². The molecule has 3 aromatic rings. The quantitative estimate of drug-likeness (QED) is 0.417. The zero-order valence-electron chi connectivity index (χ0n) is 20.0. The fraction of sp³-hybridized carbons (Fsp3) is 0.286. The number of furan rings is 1. The number of carbonyl (C=O) groups excluding carboxylic acids is 2. The third kappa shape index (κ3) is 4.12. The largest absolute Gasteiger partial charge is 0.503 e. The molecule has 0 aliphatic carbocycles. The Morgan fingerprint density at radius 1 is 1.03 bits per heavy atom. The topological polar surface area (TPSA) is 74.0 Å². The van der Waals surface area contributed by atoms with Crippen molar-refractivity contribution in [3.05, 3.63) is 95.1 Å². The molecule has 0 radical (unpaired) electrons. The van der Waals surface area contributed by atoms with Crippen molar-refractivity contribution in [1.29, 1.82) is 0 Å². The van der Waals surface area contributed by atoms with E-state index in [0.29, 0.717) is 11.6 Å². The van der Waals surface area contributed by atoms with Gasteiger partial charge in [0.15, 0.2) is 11.5 Å². The van der Waals surface area contributed by atoms with E-state index < -0.39 is 23.5 Å². The number of anilines is 2. The molecule has 6 nitrogen and oxygen atoms in total. The van der Waals surface area contributed by atoms with Crippen molar-refractivity contribution in [2.24, 2.45) is 0 Å². The molecular weight excluding hydrogens is 428 g/mol. The lowest BCUT2D eigenvalue weighted by Crippen LogP contribution is -2.31. The van der Waals surface area contributed by atoms with Crippen LogP contribution >= 0.6 is 0 Å². The number of aliphatic hydroxyl groups excluding tert-OH is 1. The van der Waals surface area contributed by atoms with Gasteiger partial charge in [0.2, 0.25) is 5.78 Å². The van der Waals surface area contributed by atoms with Crippen molar-refractivity contribution >= 4 is 23.1 Å². The second-order valence-corrected chi connectivity index (χ2v) is 8.66. The van der Waals surface area contributed by atoms with E-state index in [9.17, 15) is 14.7 Å². The maximum Gasteiger partial charge on any atom is 0.294 e. The van der Waals surface area contributed by atoms with Crippen LogP contribution in [-0.2, 0) is 4.79 Å². The smallest absolute Gasteiger partial charge is 0.294 e. The second-order valence-electron chi connectivity index (χ2n) is 8.66. The minimum absolute atomic E-state index is 0.0171. The maximum absolute atomic E-state index is 13.3. The highest BCUT2D eigenvalue weighted by atomic mass is 16.3. The third-order valence-electron chi connectivity index (χ3n) is 6.37. The number of aliphatic hydroxyl groups is 1. The number of Topliss-reactive ketones (excluding diaryl/α,β-unsaturated/α-hetero) is 1. The molecular formula is C28H30N2O4. The minimum atomic E-state index is -0.777. The minimum Gasteiger partial charge on any atom is -0.503 e. The van der Waals surface area contributed by atoms with Gasteiger partial charge in [0.1, 0.15) is 0 Å². The lowest BCUT2D eigenvalue weighted by atomic mass is 9.94. The van der Waals surface area contributed by atoms with E-state index >= 15 is 0 Å². The Morgan fingerprint density at radius 2 is 1.68 bits per heavy atom. The normalized spacial score (nSPS) is 16.0. The molecule has 2 aromatic carbocycles. The molecule has 1 amide bonds. The van der Waals surface area contributed by atoms with E-state index in [-0.39, 0.29) is 11.3 Å². The zero-order chi connectivity index (χ0) is 24.4. The van der Waals surface area contributed by atoms with Crippen molar-refractivity contribution in [2.45, 2.75) is 39.7 Å². The van der Waals surface area contributed by atoms with Gasteiger partial charge in [-0.1, -0.05) is 38.1 Å². The van der Waals surface area contributed by atoms with Gasteiger partial charge in [-0.25, -0.2) is 0 Å². The molecule has 1 unspecified atom stereocenters. The van der Waals surface area contributed by atoms with Gasteiger partial charge in [-0.3, -0.25) is 14.5 Å². The average Bonchev–Trinajstić information content (AvgIpc) is 3.47. The van der Waals surface area contributed by atoms with E-state index in [1.807, 2.05) is 48.5 Å². The summed E-state index contributed by atoms with van der Waals surface area (Å²) in [6.45, 7) is 10.1. The van der Waals surface area contributed by atoms with Gasteiger partial charge in [-0.15, -0.1) is 0 Å². The highest BCUT2D eigenvalue weighted by Crippen LogP contribution is 2.42. The first-order valence-corrected chi connectivity index (χ1v) is 11.7. The summed E-state index contributed by atoms with van der Waals surface area (Å²) in [7, 11) is 0. The summed E-state index contributed by atoms with van der Waals surface area (Å²) >= 11 is 0. The molecule has 1 atom stereocenters. The molecule has 2 heterocycles. The Morgan fingerprint density at radius 3 is 2.21 bits per heavy atom. The molecule has 34 heavy (non-hydrogen) atoms. The highest BCUT2D eigenvalue weighted by molar-refractivity contribution is 6.20. The molecule has 0 spiro atoms. The number of benzene rings is 2. The van der Waals surface area contributed by atoms with Crippen LogP contribution in [0, 0.1) is 0 Å². The Kier molecular flexibility index (Phi) is 6.59. The van der Waals surface area contributed by atoms with Crippen LogP contribution in [0.3, 0.4) is 0 Å². The van der Waals surface area contributed by atoms with Crippen molar-refractivity contribution in [3.63, 3.8) is 0 Å². The van der Waals surface area contributed by atoms with Crippen LogP contribution in [-0.4, -0.2) is 29.9 Å². The van der Waals surface area contributed by atoms with E-state index in [1.54, 1.807) is 6.07 Å². The molecule has 0 bridgehead atoms. The first kappa shape index (κ1) is 23.4. The SMILES string of the molecule is CCN(CC)c1ccc(C2C(C(=O)c3ccco3)=C(O)C(=O)N2c2ccc(C(C)C)cc2)cc1. The number of rotatable bonds is 8. The van der Waals surface area contributed by atoms with Crippen LogP contribution in [0.15, 0.2) is 82.7 Å². The van der Waals surface area contributed by atoms with Gasteiger partial charge in [0.05, 0.1) is 17.9 Å². The van der Waals surface area contributed by atoms with E-state index in [4.69, 9.17) is 4.42 Å². The standard InChI is InChI=1S/C28H30N2O4/c1-5-29(6-2)21-13-11-20(12-14-21)25-24(26(31)23-8-7-17-34-23)27(32)28(33)30(25)22-15-9-19(10-16-22)18(3)4/h7-18,25,32H,5-6H2,1-4H3. The van der Waals surface area contributed by atoms with Crippen molar-refractivity contribution in [2.75, 3.05) is 22.9 Å². The Hall–Kier alpha value is -3.80. The van der Waals surface area contributed by atoms with Crippen molar-refractivity contribution in [1.82, 2.24) is 0 Å². The number of nitrogens with zero attached hydrogens (tertiary/aromatic N) is 2. The van der Waals surface area contributed by atoms with Crippen molar-refractivity contribution < 1.29 is 19.1 Å². The van der Waals surface area contributed by atoms with Crippen LogP contribution in [0.4, 0.5) is 11.4 Å². The summed E-state index contributed by atoms with van der Waals surface area (Å²) in [4.78, 5) is 30.3. The lowest BCUT2D eigenvalue weighted by molar-refractivity contribution is -0.117. The predicted molar refractivity (Wildman–Crippen MR) is 133 cm³/mol. The molecule has 176 valence electrons. The number of carbonyl (C=O) groups is 2. The molecule has 4 rings (SSSR count). The van der Waals surface area contributed by atoms with Crippen LogP contribution < -0.4 is 9.80 Å². The van der Waals surface area contributed by atoms with Crippen LogP contribution in [0.25, 0.3) is 0 Å². The summed E-state index contributed by atoms with van der Waals surface area (Å²) in [5.41, 5.74) is 3.55. The Balaban J connectivity index is 1.81. The van der Waals surface area contributed by atoms with Gasteiger partial charge < -0.3 is 14.4 Å². The molecule has 0 fully saturated rings. The first-order valence-electron chi connectivity index (χ1n) is 11.7. The van der Waals surface area contributed by atoms with Gasteiger partial charge >= 0.3 is 0 Å². The van der Waals surface area contributed by atoms with Crippen molar-refractivity contribution in [3.8, 4) is 0 Å². The molecule has 1 N–H and O–H groups in total. The Bertz CT molecular complexity index is 1190. The van der Waals surface area contributed by atoms with Crippen LogP contribution in [0.5, 0.6) is 0 Å². The van der Waals surface area contributed by atoms with Gasteiger partial charge in [0.25, 0.3) is 5.91 Å². The van der Waals surface area contributed by atoms with Crippen LogP contribution in [0.2, 0.25) is 0 Å². The highest BCUT2D eigenvalue weighted by Gasteiger charge is 2.45. The molecule has 1 aromatic heterocycles. The van der Waals surface area contributed by atoms with E-state index in [2.05, 4.69) is 32.6 Å². The predicted octanol–water partition coefficient (Wildman–Crippen LogP) is 6.03. The summed E-state index contributed by atoms with van der Waals surface area (Å²) in [5, 5.41) is 10.9. The number of hydrogen-bond donors (Lipinski definition) is 1. The maximum atomic E-state index is 13.3. The zero-order valence-corrected chi connectivity index (χ0v) is 20.0. The number of amides is 1. The molecule has 0 saturated carbocycles. The average molecular weight is 459 g/mol. The Labute approximate surface area is 200 Å². The molecule has 1 aliphatic heterocycles. The fourth-order valence-corrected chi connectivity index (χ4v) is 4.44. The number of hydrogen-bond acceptors (Lipinski definition) is 5. The van der Waals surface area contributed by atoms with Gasteiger partial charge in [-0.2, -0.15) is 0 Å². The van der Waals surface area contributed by atoms with Gasteiger partial charge in [-0.05, 0) is 67.3 Å². The second kappa shape index (κ2) is 9.59. The van der Waals surface area contributed by atoms with E-state index in [1.165, 1.54) is 17.2 Å². The molecule has 6 heteroatoms.